The van der Waals surface area contributed by atoms with Crippen LogP contribution in [0.15, 0.2) is 47.8 Å². The molecule has 2 aromatic rings. The maximum atomic E-state index is 11.6. The second kappa shape index (κ2) is 5.41. The second-order valence-corrected chi connectivity index (χ2v) is 4.29. The largest absolute Gasteiger partial charge is 0.453 e. The predicted octanol–water partition coefficient (Wildman–Crippen LogP) is 2.79. The number of hydrogen-bond acceptors (Lipinski definition) is 4. The first-order valence-electron chi connectivity index (χ1n) is 5.06. The van der Waals surface area contributed by atoms with Gasteiger partial charge in [-0.3, -0.25) is 4.79 Å². The Hall–Kier alpha value is -1.94. The number of rotatable bonds is 4. The van der Waals surface area contributed by atoms with E-state index in [0.29, 0.717) is 10.4 Å². The number of benzene rings is 1. The van der Waals surface area contributed by atoms with E-state index in [0.717, 1.165) is 0 Å². The van der Waals surface area contributed by atoms with Crippen LogP contribution in [0, 0.1) is 0 Å². The minimum atomic E-state index is -0.454. The van der Waals surface area contributed by atoms with Crippen LogP contribution in [0.1, 0.15) is 20.0 Å². The van der Waals surface area contributed by atoms with Gasteiger partial charge in [0.2, 0.25) is 0 Å². The summed E-state index contributed by atoms with van der Waals surface area (Å²) in [4.78, 5) is 23.6. The zero-order valence-electron chi connectivity index (χ0n) is 8.96. The number of thiophene rings is 1. The van der Waals surface area contributed by atoms with Crippen molar-refractivity contribution in [3.63, 3.8) is 0 Å². The van der Waals surface area contributed by atoms with Crippen LogP contribution in [0.25, 0.3) is 0 Å². The lowest BCUT2D eigenvalue weighted by Crippen LogP contribution is -2.13. The normalized spacial score (nSPS) is 9.88. The zero-order chi connectivity index (χ0) is 12.1. The van der Waals surface area contributed by atoms with Crippen LogP contribution in [0.4, 0.5) is 0 Å². The minimum absolute atomic E-state index is 0.199. The van der Waals surface area contributed by atoms with E-state index in [1.807, 2.05) is 6.07 Å². The Morgan fingerprint density at radius 2 is 1.82 bits per heavy atom. The lowest BCUT2D eigenvalue weighted by atomic mass is 10.1. The summed E-state index contributed by atoms with van der Waals surface area (Å²) >= 11 is 1.29. The monoisotopic (exact) mass is 246 g/mol. The lowest BCUT2D eigenvalue weighted by molar-refractivity contribution is 0.0479. The number of carbonyl (C=O) groups is 2. The lowest BCUT2D eigenvalue weighted by Gasteiger charge is -2.02. The first-order valence-corrected chi connectivity index (χ1v) is 5.94. The summed E-state index contributed by atoms with van der Waals surface area (Å²) in [5.41, 5.74) is 0.548. The molecule has 86 valence electrons. The van der Waals surface area contributed by atoms with Gasteiger partial charge in [-0.15, -0.1) is 11.3 Å². The summed E-state index contributed by atoms with van der Waals surface area (Å²) in [7, 11) is 0. The van der Waals surface area contributed by atoms with E-state index in [-0.39, 0.29) is 12.4 Å². The Morgan fingerprint density at radius 1 is 1.06 bits per heavy atom. The van der Waals surface area contributed by atoms with Crippen molar-refractivity contribution in [2.75, 3.05) is 6.61 Å². The van der Waals surface area contributed by atoms with Gasteiger partial charge in [0, 0.05) is 5.56 Å². The van der Waals surface area contributed by atoms with Gasteiger partial charge < -0.3 is 4.74 Å². The van der Waals surface area contributed by atoms with E-state index >= 15 is 0 Å². The van der Waals surface area contributed by atoms with Gasteiger partial charge in [0.25, 0.3) is 0 Å². The van der Waals surface area contributed by atoms with Crippen LogP contribution in [-0.4, -0.2) is 18.4 Å². The standard InChI is InChI=1S/C13H10O3S/c14-11(10-5-2-1-3-6-10)9-16-13(15)12-7-4-8-17-12/h1-8H,9H2. The van der Waals surface area contributed by atoms with Crippen LogP contribution < -0.4 is 0 Å². The molecule has 17 heavy (non-hydrogen) atoms. The van der Waals surface area contributed by atoms with Gasteiger partial charge in [-0.1, -0.05) is 36.4 Å². The summed E-state index contributed by atoms with van der Waals surface area (Å²) in [6.45, 7) is -0.221. The van der Waals surface area contributed by atoms with Crippen LogP contribution in [0.5, 0.6) is 0 Å². The molecular weight excluding hydrogens is 236 g/mol. The summed E-state index contributed by atoms with van der Waals surface area (Å²) in [5.74, 6) is -0.653. The maximum Gasteiger partial charge on any atom is 0.348 e. The summed E-state index contributed by atoms with van der Waals surface area (Å²) in [5, 5.41) is 1.79. The minimum Gasteiger partial charge on any atom is -0.453 e. The van der Waals surface area contributed by atoms with Gasteiger partial charge in [-0.25, -0.2) is 4.79 Å². The number of ether oxygens (including phenoxy) is 1. The van der Waals surface area contributed by atoms with E-state index in [1.165, 1.54) is 11.3 Å². The summed E-state index contributed by atoms with van der Waals surface area (Å²) < 4.78 is 4.92. The molecule has 0 aliphatic heterocycles. The number of carbonyl (C=O) groups excluding carboxylic acids is 2. The Balaban J connectivity index is 1.91. The molecule has 0 bridgehead atoms. The Morgan fingerprint density at radius 3 is 2.47 bits per heavy atom. The molecule has 0 saturated carbocycles. The molecule has 0 atom stereocenters. The quantitative estimate of drug-likeness (QED) is 0.615. The zero-order valence-corrected chi connectivity index (χ0v) is 9.78. The highest BCUT2D eigenvalue weighted by atomic mass is 32.1. The SMILES string of the molecule is O=C(COC(=O)c1cccs1)c1ccccc1. The topological polar surface area (TPSA) is 43.4 Å². The van der Waals surface area contributed by atoms with Crippen molar-refractivity contribution >= 4 is 23.1 Å². The average Bonchev–Trinajstić information content (AvgIpc) is 2.90. The molecule has 0 aliphatic rings. The first kappa shape index (κ1) is 11.5. The van der Waals surface area contributed by atoms with Crippen molar-refractivity contribution in [1.82, 2.24) is 0 Å². The Bertz CT molecular complexity index is 503. The van der Waals surface area contributed by atoms with Crippen molar-refractivity contribution in [2.24, 2.45) is 0 Å². The van der Waals surface area contributed by atoms with Gasteiger partial charge >= 0.3 is 5.97 Å². The van der Waals surface area contributed by atoms with E-state index in [9.17, 15) is 9.59 Å². The third-order valence-electron chi connectivity index (χ3n) is 2.15. The van der Waals surface area contributed by atoms with Gasteiger partial charge in [0.1, 0.15) is 4.88 Å². The third kappa shape index (κ3) is 3.01. The number of esters is 1. The molecule has 0 N–H and O–H groups in total. The molecule has 0 radical (unpaired) electrons. The van der Waals surface area contributed by atoms with Gasteiger partial charge in [-0.2, -0.15) is 0 Å². The summed E-state index contributed by atoms with van der Waals surface area (Å²) in [6.07, 6.45) is 0. The third-order valence-corrected chi connectivity index (χ3v) is 3.00. The molecule has 1 aromatic carbocycles. The highest BCUT2D eigenvalue weighted by Gasteiger charge is 2.11. The molecular formula is C13H10O3S. The van der Waals surface area contributed by atoms with Crippen molar-refractivity contribution in [3.05, 3.63) is 58.3 Å². The molecule has 3 nitrogen and oxygen atoms in total. The van der Waals surface area contributed by atoms with Crippen molar-refractivity contribution in [2.45, 2.75) is 0 Å². The second-order valence-electron chi connectivity index (χ2n) is 3.34. The molecule has 0 amide bonds. The van der Waals surface area contributed by atoms with Crippen LogP contribution in [-0.2, 0) is 4.74 Å². The maximum absolute atomic E-state index is 11.6. The molecule has 0 aliphatic carbocycles. The van der Waals surface area contributed by atoms with E-state index in [1.54, 1.807) is 41.8 Å². The van der Waals surface area contributed by atoms with Gasteiger partial charge in [0.05, 0.1) is 0 Å². The highest BCUT2D eigenvalue weighted by molar-refractivity contribution is 7.11. The molecule has 0 fully saturated rings. The van der Waals surface area contributed by atoms with Crippen molar-refractivity contribution in [3.8, 4) is 0 Å². The van der Waals surface area contributed by atoms with Crippen LogP contribution >= 0.6 is 11.3 Å². The molecule has 1 heterocycles. The molecule has 0 unspecified atom stereocenters. The Labute approximate surface area is 103 Å². The van der Waals surface area contributed by atoms with E-state index in [2.05, 4.69) is 0 Å². The van der Waals surface area contributed by atoms with Crippen LogP contribution in [0.2, 0.25) is 0 Å². The van der Waals surface area contributed by atoms with Gasteiger partial charge in [-0.05, 0) is 11.4 Å². The van der Waals surface area contributed by atoms with Crippen molar-refractivity contribution in [1.29, 1.82) is 0 Å². The number of ketones is 1. The van der Waals surface area contributed by atoms with Gasteiger partial charge in [0.15, 0.2) is 12.4 Å². The average molecular weight is 246 g/mol. The Kier molecular flexibility index (Phi) is 3.67. The molecule has 0 spiro atoms. The predicted molar refractivity (Wildman–Crippen MR) is 65.4 cm³/mol. The molecule has 1 aromatic heterocycles. The first-order chi connectivity index (χ1) is 8.27. The number of Topliss-reactive ketones (excluding diaryl/α,β-unsaturated/α-hetero) is 1. The van der Waals surface area contributed by atoms with Crippen molar-refractivity contribution < 1.29 is 14.3 Å². The molecule has 4 heteroatoms. The molecule has 2 rings (SSSR count). The fraction of sp³-hybridized carbons (Fsp3) is 0.0769. The highest BCUT2D eigenvalue weighted by Crippen LogP contribution is 2.10. The molecule has 0 saturated heterocycles. The van der Waals surface area contributed by atoms with E-state index in [4.69, 9.17) is 4.74 Å². The fourth-order valence-electron chi connectivity index (χ4n) is 1.30. The fourth-order valence-corrected chi connectivity index (χ4v) is 1.92. The van der Waals surface area contributed by atoms with E-state index < -0.39 is 5.97 Å². The summed E-state index contributed by atoms with van der Waals surface area (Å²) in [6, 6.07) is 12.2. The number of hydrogen-bond donors (Lipinski definition) is 0. The van der Waals surface area contributed by atoms with Crippen LogP contribution in [0.3, 0.4) is 0 Å². The smallest absolute Gasteiger partial charge is 0.348 e.